The average Bonchev–Trinajstić information content (AvgIpc) is 2.32. The second kappa shape index (κ2) is 7.55. The van der Waals surface area contributed by atoms with Crippen molar-refractivity contribution in [1.29, 1.82) is 0 Å². The molecule has 0 N–H and O–H groups in total. The number of nitrogens with zero attached hydrogens (tertiary/aromatic N) is 1. The van der Waals surface area contributed by atoms with Crippen LogP contribution in [0.3, 0.4) is 0 Å². The third-order valence-corrected chi connectivity index (χ3v) is 2.41. The molecule has 1 aromatic rings. The maximum Gasteiger partial charge on any atom is 0.416 e. The zero-order valence-corrected chi connectivity index (χ0v) is 11.2. The molecule has 0 aliphatic heterocycles. The lowest BCUT2D eigenvalue weighted by atomic mass is 10.2. The first-order chi connectivity index (χ1) is 8.93. The normalized spacial score (nSPS) is 11.6. The van der Waals surface area contributed by atoms with Gasteiger partial charge in [0.2, 0.25) is 5.88 Å². The molecule has 1 rings (SSSR count). The van der Waals surface area contributed by atoms with Gasteiger partial charge in [-0.15, -0.1) is 0 Å². The van der Waals surface area contributed by atoms with Crippen LogP contribution in [0.25, 0.3) is 0 Å². The molecule has 0 atom stereocenters. The predicted octanol–water partition coefficient (Wildman–Crippen LogP) is 3.95. The second-order valence-electron chi connectivity index (χ2n) is 3.83. The molecule has 0 unspecified atom stereocenters. The summed E-state index contributed by atoms with van der Waals surface area (Å²) in [4.78, 5) is 3.67. The SMILES string of the molecule is CCCCOCCOc1cc(C(F)(F)F)cc(Cl)n1. The topological polar surface area (TPSA) is 31.4 Å². The highest BCUT2D eigenvalue weighted by Gasteiger charge is 2.31. The summed E-state index contributed by atoms with van der Waals surface area (Å²) in [5, 5.41) is -0.253. The quantitative estimate of drug-likeness (QED) is 0.564. The monoisotopic (exact) mass is 297 g/mol. The summed E-state index contributed by atoms with van der Waals surface area (Å²) in [6, 6.07) is 1.57. The number of hydrogen-bond acceptors (Lipinski definition) is 3. The first kappa shape index (κ1) is 16.0. The van der Waals surface area contributed by atoms with Gasteiger partial charge in [-0.25, -0.2) is 4.98 Å². The molecule has 0 amide bonds. The Morgan fingerprint density at radius 1 is 1.21 bits per heavy atom. The van der Waals surface area contributed by atoms with Crippen molar-refractivity contribution >= 4 is 11.6 Å². The van der Waals surface area contributed by atoms with Gasteiger partial charge in [0, 0.05) is 12.7 Å². The number of ether oxygens (including phenoxy) is 2. The molecule has 0 spiro atoms. The van der Waals surface area contributed by atoms with Gasteiger partial charge < -0.3 is 9.47 Å². The van der Waals surface area contributed by atoms with Gasteiger partial charge in [0.1, 0.15) is 11.8 Å². The second-order valence-corrected chi connectivity index (χ2v) is 4.22. The van der Waals surface area contributed by atoms with E-state index in [4.69, 9.17) is 21.1 Å². The molecule has 3 nitrogen and oxygen atoms in total. The van der Waals surface area contributed by atoms with Gasteiger partial charge in [-0.2, -0.15) is 13.2 Å². The van der Waals surface area contributed by atoms with E-state index >= 15 is 0 Å². The van der Waals surface area contributed by atoms with Crippen LogP contribution in [0.2, 0.25) is 5.15 Å². The van der Waals surface area contributed by atoms with E-state index in [1.165, 1.54) is 0 Å². The number of pyridine rings is 1. The third-order valence-electron chi connectivity index (χ3n) is 2.22. The van der Waals surface area contributed by atoms with Gasteiger partial charge in [-0.1, -0.05) is 24.9 Å². The standard InChI is InChI=1S/C12H15ClF3NO2/c1-2-3-4-18-5-6-19-11-8-9(12(14,15)16)7-10(13)17-11/h7-8H,2-6H2,1H3. The molecule has 0 bridgehead atoms. The highest BCUT2D eigenvalue weighted by atomic mass is 35.5. The summed E-state index contributed by atoms with van der Waals surface area (Å²) in [5.41, 5.74) is -0.880. The predicted molar refractivity (Wildman–Crippen MR) is 65.5 cm³/mol. The fourth-order valence-corrected chi connectivity index (χ4v) is 1.46. The molecule has 1 aromatic heterocycles. The van der Waals surface area contributed by atoms with E-state index < -0.39 is 11.7 Å². The number of aromatic nitrogens is 1. The number of unbranched alkanes of at least 4 members (excludes halogenated alkanes) is 1. The third kappa shape index (κ3) is 6.11. The smallest absolute Gasteiger partial charge is 0.416 e. The molecule has 0 aliphatic rings. The molecule has 19 heavy (non-hydrogen) atoms. The minimum atomic E-state index is -4.47. The minimum Gasteiger partial charge on any atom is -0.475 e. The Morgan fingerprint density at radius 3 is 2.58 bits per heavy atom. The Labute approximate surface area is 114 Å². The highest BCUT2D eigenvalue weighted by molar-refractivity contribution is 6.29. The number of hydrogen-bond donors (Lipinski definition) is 0. The van der Waals surface area contributed by atoms with E-state index in [-0.39, 0.29) is 17.6 Å². The van der Waals surface area contributed by atoms with E-state index in [1.807, 2.05) is 6.92 Å². The Morgan fingerprint density at radius 2 is 1.95 bits per heavy atom. The van der Waals surface area contributed by atoms with Gasteiger partial charge in [-0.05, 0) is 12.5 Å². The molecule has 7 heteroatoms. The zero-order chi connectivity index (χ0) is 14.3. The number of alkyl halides is 3. The summed E-state index contributed by atoms with van der Waals surface area (Å²) >= 11 is 5.52. The van der Waals surface area contributed by atoms with E-state index in [2.05, 4.69) is 4.98 Å². The van der Waals surface area contributed by atoms with Crippen LogP contribution < -0.4 is 4.74 Å². The Bertz CT molecular complexity index is 399. The van der Waals surface area contributed by atoms with Crippen LogP contribution in [0.15, 0.2) is 12.1 Å². The van der Waals surface area contributed by atoms with Crippen molar-refractivity contribution in [2.24, 2.45) is 0 Å². The fraction of sp³-hybridized carbons (Fsp3) is 0.583. The van der Waals surface area contributed by atoms with Crippen molar-refractivity contribution in [3.8, 4) is 5.88 Å². The van der Waals surface area contributed by atoms with Crippen molar-refractivity contribution in [3.63, 3.8) is 0 Å². The molecular formula is C12H15ClF3NO2. The number of halogens is 4. The first-order valence-electron chi connectivity index (χ1n) is 5.89. The van der Waals surface area contributed by atoms with Crippen molar-refractivity contribution in [2.45, 2.75) is 25.9 Å². The van der Waals surface area contributed by atoms with Crippen molar-refractivity contribution < 1.29 is 22.6 Å². The van der Waals surface area contributed by atoms with Gasteiger partial charge in [0.15, 0.2) is 0 Å². The van der Waals surface area contributed by atoms with Crippen molar-refractivity contribution in [2.75, 3.05) is 19.8 Å². The fourth-order valence-electron chi connectivity index (χ4n) is 1.26. The highest BCUT2D eigenvalue weighted by Crippen LogP contribution is 2.32. The van der Waals surface area contributed by atoms with Crippen LogP contribution in [0.1, 0.15) is 25.3 Å². The van der Waals surface area contributed by atoms with E-state index in [0.29, 0.717) is 13.2 Å². The molecule has 0 saturated carbocycles. The first-order valence-corrected chi connectivity index (χ1v) is 6.26. The van der Waals surface area contributed by atoms with Crippen molar-refractivity contribution in [1.82, 2.24) is 4.98 Å². The largest absolute Gasteiger partial charge is 0.475 e. The van der Waals surface area contributed by atoms with Gasteiger partial charge >= 0.3 is 6.18 Å². The Hall–Kier alpha value is -1.01. The van der Waals surface area contributed by atoms with Crippen LogP contribution in [0, 0.1) is 0 Å². The van der Waals surface area contributed by atoms with E-state index in [1.54, 1.807) is 0 Å². The van der Waals surface area contributed by atoms with Crippen LogP contribution in [-0.2, 0) is 10.9 Å². The maximum absolute atomic E-state index is 12.5. The van der Waals surface area contributed by atoms with E-state index in [0.717, 1.165) is 25.0 Å². The number of rotatable bonds is 7. The summed E-state index contributed by atoms with van der Waals surface area (Å²) in [6.07, 6.45) is -2.51. The lowest BCUT2D eigenvalue weighted by Crippen LogP contribution is -2.10. The Kier molecular flexibility index (Phi) is 6.37. The molecule has 0 aliphatic carbocycles. The molecule has 108 valence electrons. The summed E-state index contributed by atoms with van der Waals surface area (Å²) < 4.78 is 47.8. The molecule has 0 radical (unpaired) electrons. The lowest BCUT2D eigenvalue weighted by Gasteiger charge is -2.10. The summed E-state index contributed by atoms with van der Waals surface area (Å²) in [5.74, 6) is -0.154. The maximum atomic E-state index is 12.5. The molecule has 1 heterocycles. The summed E-state index contributed by atoms with van der Waals surface area (Å²) in [6.45, 7) is 3.08. The van der Waals surface area contributed by atoms with Crippen LogP contribution >= 0.6 is 11.6 Å². The van der Waals surface area contributed by atoms with Gasteiger partial charge in [0.05, 0.1) is 12.2 Å². The minimum absolute atomic E-state index is 0.133. The van der Waals surface area contributed by atoms with Crippen LogP contribution in [0.4, 0.5) is 13.2 Å². The lowest BCUT2D eigenvalue weighted by molar-refractivity contribution is -0.137. The average molecular weight is 298 g/mol. The molecule has 0 fully saturated rings. The van der Waals surface area contributed by atoms with Crippen molar-refractivity contribution in [3.05, 3.63) is 22.8 Å². The zero-order valence-electron chi connectivity index (χ0n) is 10.5. The van der Waals surface area contributed by atoms with Gasteiger partial charge in [0.25, 0.3) is 0 Å². The molecular weight excluding hydrogens is 283 g/mol. The van der Waals surface area contributed by atoms with Gasteiger partial charge in [-0.3, -0.25) is 0 Å². The molecule has 0 aromatic carbocycles. The van der Waals surface area contributed by atoms with Crippen LogP contribution in [-0.4, -0.2) is 24.8 Å². The summed E-state index contributed by atoms with van der Waals surface area (Å²) in [7, 11) is 0. The molecule has 0 saturated heterocycles. The van der Waals surface area contributed by atoms with E-state index in [9.17, 15) is 13.2 Å². The van der Waals surface area contributed by atoms with Crippen LogP contribution in [0.5, 0.6) is 5.88 Å². The Balaban J connectivity index is 2.48.